The van der Waals surface area contributed by atoms with Gasteiger partial charge in [0.25, 0.3) is 0 Å². The SMILES string of the molecule is COC[C@H]1CC2(CCN(C(=O)C3CC=CC3)CC2)CO1. The number of amides is 1. The molecule has 4 heteroatoms. The summed E-state index contributed by atoms with van der Waals surface area (Å²) in [4.78, 5) is 14.5. The van der Waals surface area contributed by atoms with Crippen molar-refractivity contribution in [2.24, 2.45) is 11.3 Å². The average Bonchev–Trinajstić information content (AvgIpc) is 3.10. The van der Waals surface area contributed by atoms with Crippen LogP contribution in [0.3, 0.4) is 0 Å². The first-order chi connectivity index (χ1) is 9.72. The average molecular weight is 279 g/mol. The lowest BCUT2D eigenvalue weighted by Crippen LogP contribution is -2.45. The number of rotatable bonds is 3. The molecule has 3 aliphatic rings. The Bertz CT molecular complexity index is 377. The zero-order valence-corrected chi connectivity index (χ0v) is 12.3. The Kier molecular flexibility index (Phi) is 4.13. The number of likely N-dealkylation sites (tertiary alicyclic amines) is 1. The quantitative estimate of drug-likeness (QED) is 0.742. The molecule has 1 spiro atoms. The van der Waals surface area contributed by atoms with Crippen LogP contribution >= 0.6 is 0 Å². The van der Waals surface area contributed by atoms with E-state index in [0.717, 1.165) is 51.8 Å². The van der Waals surface area contributed by atoms with Crippen LogP contribution in [0.25, 0.3) is 0 Å². The summed E-state index contributed by atoms with van der Waals surface area (Å²) in [6, 6.07) is 0. The highest BCUT2D eigenvalue weighted by Crippen LogP contribution is 2.42. The standard InChI is InChI=1S/C16H25NO3/c1-19-11-14-10-16(12-20-14)6-8-17(9-7-16)15(18)13-4-2-3-5-13/h2-3,13-14H,4-12H2,1H3/t14-/m1/s1. The molecule has 1 atom stereocenters. The molecule has 0 bridgehead atoms. The fourth-order valence-electron chi connectivity index (χ4n) is 3.82. The Morgan fingerprint density at radius 3 is 2.70 bits per heavy atom. The number of methoxy groups -OCH3 is 1. The minimum atomic E-state index is 0.213. The number of piperidine rings is 1. The normalized spacial score (nSPS) is 29.4. The second-order valence-electron chi connectivity index (χ2n) is 6.56. The van der Waals surface area contributed by atoms with Crippen LogP contribution in [0.1, 0.15) is 32.1 Å². The van der Waals surface area contributed by atoms with E-state index in [1.807, 2.05) is 0 Å². The van der Waals surface area contributed by atoms with Crippen LogP contribution in [-0.2, 0) is 14.3 Å². The third-order valence-corrected chi connectivity index (χ3v) is 5.13. The smallest absolute Gasteiger partial charge is 0.226 e. The predicted octanol–water partition coefficient (Wildman–Crippen LogP) is 2.00. The van der Waals surface area contributed by atoms with E-state index in [2.05, 4.69) is 17.1 Å². The lowest BCUT2D eigenvalue weighted by molar-refractivity contribution is -0.137. The van der Waals surface area contributed by atoms with Gasteiger partial charge in [-0.2, -0.15) is 0 Å². The van der Waals surface area contributed by atoms with E-state index in [1.54, 1.807) is 7.11 Å². The van der Waals surface area contributed by atoms with E-state index < -0.39 is 0 Å². The summed E-state index contributed by atoms with van der Waals surface area (Å²) in [5, 5.41) is 0. The fourth-order valence-corrected chi connectivity index (χ4v) is 3.82. The Hall–Kier alpha value is -0.870. The van der Waals surface area contributed by atoms with E-state index in [-0.39, 0.29) is 12.0 Å². The topological polar surface area (TPSA) is 38.8 Å². The maximum absolute atomic E-state index is 12.4. The molecule has 2 saturated heterocycles. The van der Waals surface area contributed by atoms with Gasteiger partial charge in [0.1, 0.15) is 0 Å². The Morgan fingerprint density at radius 1 is 1.35 bits per heavy atom. The zero-order chi connectivity index (χ0) is 14.0. The maximum atomic E-state index is 12.4. The van der Waals surface area contributed by atoms with Crippen LogP contribution in [0.4, 0.5) is 0 Å². The van der Waals surface area contributed by atoms with Crippen molar-refractivity contribution in [2.45, 2.75) is 38.2 Å². The molecule has 0 aromatic carbocycles. The molecule has 0 radical (unpaired) electrons. The summed E-state index contributed by atoms with van der Waals surface area (Å²) in [5.74, 6) is 0.572. The number of carbonyl (C=O) groups excluding carboxylic acids is 1. The largest absolute Gasteiger partial charge is 0.382 e. The van der Waals surface area contributed by atoms with Crippen LogP contribution in [0.5, 0.6) is 0 Å². The van der Waals surface area contributed by atoms with Gasteiger partial charge in [-0.05, 0) is 37.5 Å². The monoisotopic (exact) mass is 279 g/mol. The van der Waals surface area contributed by atoms with Crippen molar-refractivity contribution in [3.63, 3.8) is 0 Å². The molecule has 1 amide bonds. The third-order valence-electron chi connectivity index (χ3n) is 5.13. The van der Waals surface area contributed by atoms with E-state index in [9.17, 15) is 4.79 Å². The van der Waals surface area contributed by atoms with Crippen molar-refractivity contribution in [3.05, 3.63) is 12.2 Å². The van der Waals surface area contributed by atoms with Gasteiger partial charge in [0, 0.05) is 26.1 Å². The van der Waals surface area contributed by atoms with E-state index in [0.29, 0.717) is 17.9 Å². The molecular weight excluding hydrogens is 254 g/mol. The molecule has 1 aliphatic carbocycles. The number of allylic oxidation sites excluding steroid dienone is 2. The Morgan fingerprint density at radius 2 is 2.05 bits per heavy atom. The van der Waals surface area contributed by atoms with Crippen molar-refractivity contribution in [1.29, 1.82) is 0 Å². The molecule has 112 valence electrons. The number of hydrogen-bond acceptors (Lipinski definition) is 3. The lowest BCUT2D eigenvalue weighted by Gasteiger charge is -2.39. The first-order valence-electron chi connectivity index (χ1n) is 7.77. The van der Waals surface area contributed by atoms with Gasteiger partial charge in [0.05, 0.1) is 19.3 Å². The minimum absolute atomic E-state index is 0.213. The first-order valence-corrected chi connectivity index (χ1v) is 7.77. The van der Waals surface area contributed by atoms with Gasteiger partial charge in [-0.3, -0.25) is 4.79 Å². The first kappa shape index (κ1) is 14.1. The second kappa shape index (κ2) is 5.86. The highest BCUT2D eigenvalue weighted by atomic mass is 16.5. The lowest BCUT2D eigenvalue weighted by atomic mass is 9.76. The molecule has 0 aromatic heterocycles. The third kappa shape index (κ3) is 2.77. The predicted molar refractivity (Wildman–Crippen MR) is 76.3 cm³/mol. The summed E-state index contributed by atoms with van der Waals surface area (Å²) in [6.45, 7) is 3.34. The summed E-state index contributed by atoms with van der Waals surface area (Å²) < 4.78 is 11.0. The van der Waals surface area contributed by atoms with Gasteiger partial charge in [0.15, 0.2) is 0 Å². The number of carbonyl (C=O) groups is 1. The summed E-state index contributed by atoms with van der Waals surface area (Å²) >= 11 is 0. The van der Waals surface area contributed by atoms with Crippen molar-refractivity contribution in [3.8, 4) is 0 Å². The van der Waals surface area contributed by atoms with Crippen LogP contribution in [0.15, 0.2) is 12.2 Å². The van der Waals surface area contributed by atoms with Crippen molar-refractivity contribution in [2.75, 3.05) is 33.4 Å². The second-order valence-corrected chi connectivity index (χ2v) is 6.56. The molecule has 2 heterocycles. The molecule has 2 fully saturated rings. The fraction of sp³-hybridized carbons (Fsp3) is 0.812. The van der Waals surface area contributed by atoms with Gasteiger partial charge >= 0.3 is 0 Å². The van der Waals surface area contributed by atoms with Gasteiger partial charge < -0.3 is 14.4 Å². The number of hydrogen-bond donors (Lipinski definition) is 0. The molecule has 0 unspecified atom stereocenters. The van der Waals surface area contributed by atoms with E-state index in [4.69, 9.17) is 9.47 Å². The summed E-state index contributed by atoms with van der Waals surface area (Å²) in [5.41, 5.74) is 0.300. The zero-order valence-electron chi connectivity index (χ0n) is 12.3. The summed E-state index contributed by atoms with van der Waals surface area (Å²) in [6.07, 6.45) is 9.63. The van der Waals surface area contributed by atoms with Crippen molar-refractivity contribution in [1.82, 2.24) is 4.90 Å². The van der Waals surface area contributed by atoms with Gasteiger partial charge in [-0.15, -0.1) is 0 Å². The van der Waals surface area contributed by atoms with Gasteiger partial charge in [0.2, 0.25) is 5.91 Å². The summed E-state index contributed by atoms with van der Waals surface area (Å²) in [7, 11) is 1.73. The molecule has 20 heavy (non-hydrogen) atoms. The molecule has 0 saturated carbocycles. The van der Waals surface area contributed by atoms with E-state index >= 15 is 0 Å². The van der Waals surface area contributed by atoms with Crippen LogP contribution < -0.4 is 0 Å². The van der Waals surface area contributed by atoms with Crippen molar-refractivity contribution >= 4 is 5.91 Å². The molecule has 2 aliphatic heterocycles. The van der Waals surface area contributed by atoms with E-state index in [1.165, 1.54) is 0 Å². The number of ether oxygens (including phenoxy) is 2. The highest BCUT2D eigenvalue weighted by Gasteiger charge is 2.43. The molecule has 3 rings (SSSR count). The van der Waals surface area contributed by atoms with Crippen molar-refractivity contribution < 1.29 is 14.3 Å². The molecule has 4 nitrogen and oxygen atoms in total. The van der Waals surface area contributed by atoms with Crippen LogP contribution in [0.2, 0.25) is 0 Å². The van der Waals surface area contributed by atoms with Crippen LogP contribution in [-0.4, -0.2) is 50.3 Å². The molecule has 0 N–H and O–H groups in total. The minimum Gasteiger partial charge on any atom is -0.382 e. The Labute approximate surface area is 121 Å². The molecular formula is C16H25NO3. The van der Waals surface area contributed by atoms with Crippen LogP contribution in [0, 0.1) is 11.3 Å². The number of nitrogens with zero attached hydrogens (tertiary/aromatic N) is 1. The van der Waals surface area contributed by atoms with Gasteiger partial charge in [-0.1, -0.05) is 12.2 Å². The molecule has 0 aromatic rings. The van der Waals surface area contributed by atoms with Gasteiger partial charge in [-0.25, -0.2) is 0 Å². The highest BCUT2D eigenvalue weighted by molar-refractivity contribution is 5.79. The maximum Gasteiger partial charge on any atom is 0.226 e. The Balaban J connectivity index is 1.51.